The maximum absolute atomic E-state index is 13.7. The van der Waals surface area contributed by atoms with Gasteiger partial charge in [0.25, 0.3) is 0 Å². The van der Waals surface area contributed by atoms with E-state index in [1.165, 1.54) is 6.07 Å². The van der Waals surface area contributed by atoms with Gasteiger partial charge < -0.3 is 10.5 Å². The largest absolute Gasteiger partial charge is 0.444 e. The smallest absolute Gasteiger partial charge is 0.412 e. The summed E-state index contributed by atoms with van der Waals surface area (Å²) in [4.78, 5) is 11.5. The first kappa shape index (κ1) is 15.2. The van der Waals surface area contributed by atoms with Gasteiger partial charge >= 0.3 is 6.09 Å². The zero-order chi connectivity index (χ0) is 14.5. The fraction of sp³-hybridized carbons (Fsp3) is 0.357. The number of carbonyl (C=O) groups excluding carboxylic acids is 1. The van der Waals surface area contributed by atoms with Crippen molar-refractivity contribution in [3.63, 3.8) is 0 Å². The van der Waals surface area contributed by atoms with Gasteiger partial charge in [-0.15, -0.1) is 0 Å². The highest BCUT2D eigenvalue weighted by Crippen LogP contribution is 2.17. The van der Waals surface area contributed by atoms with E-state index in [0.717, 1.165) is 0 Å². The SMILES string of the molecule is CC(C)(C)OC(=O)Nc1ccc(/C=C/CN)c(F)c1. The van der Waals surface area contributed by atoms with E-state index in [1.54, 1.807) is 45.1 Å². The molecular weight excluding hydrogens is 247 g/mol. The molecule has 5 heteroatoms. The van der Waals surface area contributed by atoms with Crippen molar-refractivity contribution in [2.24, 2.45) is 5.73 Å². The van der Waals surface area contributed by atoms with Gasteiger partial charge in [0.2, 0.25) is 0 Å². The molecule has 1 amide bonds. The van der Waals surface area contributed by atoms with Gasteiger partial charge in [0.05, 0.1) is 0 Å². The van der Waals surface area contributed by atoms with E-state index in [0.29, 0.717) is 17.8 Å². The van der Waals surface area contributed by atoms with Crippen LogP contribution >= 0.6 is 0 Å². The summed E-state index contributed by atoms with van der Waals surface area (Å²) < 4.78 is 18.8. The molecular formula is C14H19FN2O2. The van der Waals surface area contributed by atoms with Crippen LogP contribution in [0.4, 0.5) is 14.9 Å². The third-order valence-electron chi connectivity index (χ3n) is 2.08. The Morgan fingerprint density at radius 1 is 1.47 bits per heavy atom. The molecule has 0 saturated carbocycles. The van der Waals surface area contributed by atoms with Crippen LogP contribution in [0.2, 0.25) is 0 Å². The van der Waals surface area contributed by atoms with Gasteiger partial charge in [-0.25, -0.2) is 9.18 Å². The molecule has 0 aliphatic rings. The van der Waals surface area contributed by atoms with E-state index in [-0.39, 0.29) is 0 Å². The minimum atomic E-state index is -0.614. The molecule has 3 N–H and O–H groups in total. The van der Waals surface area contributed by atoms with Gasteiger partial charge in [0.15, 0.2) is 0 Å². The van der Waals surface area contributed by atoms with E-state index < -0.39 is 17.5 Å². The molecule has 1 aromatic rings. The van der Waals surface area contributed by atoms with Gasteiger partial charge in [-0.1, -0.05) is 12.2 Å². The normalized spacial score (nSPS) is 11.6. The molecule has 0 fully saturated rings. The van der Waals surface area contributed by atoms with Crippen LogP contribution in [0.15, 0.2) is 24.3 Å². The number of amides is 1. The predicted molar refractivity (Wildman–Crippen MR) is 74.3 cm³/mol. The average molecular weight is 266 g/mol. The van der Waals surface area contributed by atoms with Crippen LogP contribution in [0.25, 0.3) is 6.08 Å². The number of ether oxygens (including phenoxy) is 1. The van der Waals surface area contributed by atoms with Gasteiger partial charge in [-0.05, 0) is 39.0 Å². The summed E-state index contributed by atoms with van der Waals surface area (Å²) in [6, 6.07) is 4.40. The van der Waals surface area contributed by atoms with Crippen LogP contribution in [-0.4, -0.2) is 18.2 Å². The summed E-state index contributed by atoms with van der Waals surface area (Å²) in [5.74, 6) is -0.432. The number of carbonyl (C=O) groups is 1. The summed E-state index contributed by atoms with van der Waals surface area (Å²) in [7, 11) is 0. The fourth-order valence-corrected chi connectivity index (χ4v) is 1.36. The fourth-order valence-electron chi connectivity index (χ4n) is 1.36. The Labute approximate surface area is 112 Å². The van der Waals surface area contributed by atoms with Gasteiger partial charge in [-0.3, -0.25) is 5.32 Å². The molecule has 0 heterocycles. The van der Waals surface area contributed by atoms with Crippen molar-refractivity contribution < 1.29 is 13.9 Å². The lowest BCUT2D eigenvalue weighted by atomic mass is 10.1. The molecule has 0 atom stereocenters. The van der Waals surface area contributed by atoms with Crippen molar-refractivity contribution in [3.8, 4) is 0 Å². The Morgan fingerprint density at radius 3 is 2.68 bits per heavy atom. The standard InChI is InChI=1S/C14H19FN2O2/c1-14(2,3)19-13(18)17-11-7-6-10(5-4-8-16)12(15)9-11/h4-7,9H,8,16H2,1-3H3,(H,17,18)/b5-4+. The quantitative estimate of drug-likeness (QED) is 0.883. The second-order valence-electron chi connectivity index (χ2n) is 5.00. The van der Waals surface area contributed by atoms with Crippen molar-refractivity contribution in [2.45, 2.75) is 26.4 Å². The number of anilines is 1. The first-order valence-corrected chi connectivity index (χ1v) is 5.98. The molecule has 104 valence electrons. The highest BCUT2D eigenvalue weighted by atomic mass is 19.1. The van der Waals surface area contributed by atoms with Crippen LogP contribution in [0.1, 0.15) is 26.3 Å². The summed E-state index contributed by atoms with van der Waals surface area (Å²) in [6.45, 7) is 5.62. The number of nitrogens with one attached hydrogen (secondary N) is 1. The maximum Gasteiger partial charge on any atom is 0.412 e. The van der Waals surface area contributed by atoms with E-state index in [1.807, 2.05) is 0 Å². The van der Waals surface area contributed by atoms with Gasteiger partial charge in [0.1, 0.15) is 11.4 Å². The zero-order valence-electron chi connectivity index (χ0n) is 11.4. The van der Waals surface area contributed by atoms with E-state index in [2.05, 4.69) is 5.32 Å². The molecule has 0 saturated heterocycles. The monoisotopic (exact) mass is 266 g/mol. The van der Waals surface area contributed by atoms with E-state index >= 15 is 0 Å². The van der Waals surface area contributed by atoms with Crippen LogP contribution in [0.5, 0.6) is 0 Å². The number of nitrogens with two attached hydrogens (primary N) is 1. The van der Waals surface area contributed by atoms with E-state index in [9.17, 15) is 9.18 Å². The number of benzene rings is 1. The maximum atomic E-state index is 13.7. The lowest BCUT2D eigenvalue weighted by Crippen LogP contribution is -2.27. The van der Waals surface area contributed by atoms with Gasteiger partial charge in [0, 0.05) is 17.8 Å². The first-order valence-electron chi connectivity index (χ1n) is 5.98. The minimum Gasteiger partial charge on any atom is -0.444 e. The molecule has 0 radical (unpaired) electrons. The molecule has 0 aromatic heterocycles. The van der Waals surface area contributed by atoms with Crippen molar-refractivity contribution >= 4 is 17.9 Å². The average Bonchev–Trinajstić information content (AvgIpc) is 2.25. The van der Waals surface area contributed by atoms with Crippen LogP contribution in [-0.2, 0) is 4.74 Å². The lowest BCUT2D eigenvalue weighted by Gasteiger charge is -2.19. The third-order valence-corrected chi connectivity index (χ3v) is 2.08. The predicted octanol–water partition coefficient (Wildman–Crippen LogP) is 3.14. The first-order chi connectivity index (χ1) is 8.81. The van der Waals surface area contributed by atoms with Crippen molar-refractivity contribution in [2.75, 3.05) is 11.9 Å². The van der Waals surface area contributed by atoms with Crippen molar-refractivity contribution in [1.29, 1.82) is 0 Å². The summed E-state index contributed by atoms with van der Waals surface area (Å²) in [5.41, 5.74) is 5.47. The summed E-state index contributed by atoms with van der Waals surface area (Å²) in [5, 5.41) is 2.47. The Bertz CT molecular complexity index is 479. The molecule has 0 aliphatic heterocycles. The Morgan fingerprint density at radius 2 is 2.16 bits per heavy atom. The number of rotatable bonds is 3. The molecule has 0 spiro atoms. The number of hydrogen-bond donors (Lipinski definition) is 2. The zero-order valence-corrected chi connectivity index (χ0v) is 11.4. The Kier molecular flexibility index (Phi) is 5.06. The summed E-state index contributed by atoms with van der Waals surface area (Å²) >= 11 is 0. The molecule has 0 bridgehead atoms. The molecule has 4 nitrogen and oxygen atoms in total. The molecule has 19 heavy (non-hydrogen) atoms. The van der Waals surface area contributed by atoms with E-state index in [4.69, 9.17) is 10.5 Å². The second kappa shape index (κ2) is 6.33. The molecule has 1 rings (SSSR count). The third kappa shape index (κ3) is 5.52. The van der Waals surface area contributed by atoms with Crippen LogP contribution < -0.4 is 11.1 Å². The highest BCUT2D eigenvalue weighted by molar-refractivity contribution is 5.85. The van der Waals surface area contributed by atoms with Crippen LogP contribution in [0.3, 0.4) is 0 Å². The minimum absolute atomic E-state index is 0.344. The lowest BCUT2D eigenvalue weighted by molar-refractivity contribution is 0.0636. The Hall–Kier alpha value is -1.88. The summed E-state index contributed by atoms with van der Waals surface area (Å²) in [6.07, 6.45) is 2.63. The molecule has 0 unspecified atom stereocenters. The molecule has 0 aliphatic carbocycles. The second-order valence-corrected chi connectivity index (χ2v) is 5.00. The molecule has 1 aromatic carbocycles. The van der Waals surface area contributed by atoms with Gasteiger partial charge in [-0.2, -0.15) is 0 Å². The van der Waals surface area contributed by atoms with Crippen molar-refractivity contribution in [3.05, 3.63) is 35.7 Å². The highest BCUT2D eigenvalue weighted by Gasteiger charge is 2.16. The Balaban J connectivity index is 2.73. The topological polar surface area (TPSA) is 64.3 Å². The number of hydrogen-bond acceptors (Lipinski definition) is 3. The number of halogens is 1. The van der Waals surface area contributed by atoms with Crippen LogP contribution in [0, 0.1) is 5.82 Å². The van der Waals surface area contributed by atoms with Crippen molar-refractivity contribution in [1.82, 2.24) is 0 Å².